The number of amides is 2. The molecule has 0 spiro atoms. The van der Waals surface area contributed by atoms with Gasteiger partial charge in [-0.25, -0.2) is 4.79 Å². The van der Waals surface area contributed by atoms with Gasteiger partial charge in [0.05, 0.1) is 0 Å². The van der Waals surface area contributed by atoms with Gasteiger partial charge in [0.15, 0.2) is 0 Å². The van der Waals surface area contributed by atoms with Crippen molar-refractivity contribution in [3.63, 3.8) is 0 Å². The van der Waals surface area contributed by atoms with Crippen LogP contribution in [0.15, 0.2) is 39.6 Å². The Morgan fingerprint density at radius 3 is 2.06 bits per heavy atom. The van der Waals surface area contributed by atoms with Crippen molar-refractivity contribution >= 4 is 16.6 Å². The molecule has 0 aliphatic heterocycles. The average molecular weight is 267 g/mol. The Bertz CT molecular complexity index is 469. The van der Waals surface area contributed by atoms with Crippen LogP contribution in [-0.4, -0.2) is 23.0 Å². The van der Waals surface area contributed by atoms with Crippen molar-refractivity contribution in [2.45, 2.75) is 44.7 Å². The van der Waals surface area contributed by atoms with Crippen molar-refractivity contribution < 1.29 is 9.00 Å². The highest BCUT2D eigenvalue weighted by atomic mass is 32.2. The lowest BCUT2D eigenvalue weighted by Crippen LogP contribution is -2.40. The van der Waals surface area contributed by atoms with Crippen LogP contribution in [0.4, 0.5) is 4.79 Å². The van der Waals surface area contributed by atoms with E-state index < -0.39 is 16.6 Å². The van der Waals surface area contributed by atoms with E-state index in [1.165, 1.54) is 0 Å². The number of rotatable bonds is 3. The van der Waals surface area contributed by atoms with Crippen molar-refractivity contribution in [3.05, 3.63) is 30.3 Å². The molecule has 0 radical (unpaired) electrons. The molecule has 2 amide bonds. The van der Waals surface area contributed by atoms with Gasteiger partial charge in [-0.05, 0) is 27.7 Å². The fourth-order valence-electron chi connectivity index (χ4n) is 1.75. The van der Waals surface area contributed by atoms with Gasteiger partial charge in [-0.15, -0.1) is 0 Å². The molecule has 1 aromatic carbocycles. The molecule has 0 aliphatic rings. The Hall–Kier alpha value is -1.36. The van der Waals surface area contributed by atoms with Crippen LogP contribution in [0.2, 0.25) is 0 Å². The number of carbonyl (C=O) groups excluding carboxylic acids is 1. The van der Waals surface area contributed by atoms with Gasteiger partial charge in [0, 0.05) is 12.1 Å². The number of carbonyl (C=O) groups is 1. The maximum Gasteiger partial charge on any atom is 0.320 e. The standard InChI is InChI=1S/C13H19N2O2S/c1-10(2)15(11(3)4)13(16)14-18(17)12-8-6-5-7-9-12/h5-11H,1-4H3/q-1. The van der Waals surface area contributed by atoms with E-state index in [-0.39, 0.29) is 12.1 Å². The normalized spacial score (nSPS) is 13.0. The summed E-state index contributed by atoms with van der Waals surface area (Å²) in [4.78, 5) is 14.1. The molecule has 0 heterocycles. The lowest BCUT2D eigenvalue weighted by atomic mass is 10.2. The molecule has 0 unspecified atom stereocenters. The lowest BCUT2D eigenvalue weighted by molar-refractivity contribution is 0.175. The summed E-state index contributed by atoms with van der Waals surface area (Å²) in [6.07, 6.45) is 0. The van der Waals surface area contributed by atoms with E-state index in [2.05, 4.69) is 4.36 Å². The third kappa shape index (κ3) is 3.84. The number of benzene rings is 1. The number of hydrogen-bond donors (Lipinski definition) is 0. The predicted octanol–water partition coefficient (Wildman–Crippen LogP) is 3.43. The molecular weight excluding hydrogens is 248 g/mol. The van der Waals surface area contributed by atoms with E-state index >= 15 is 0 Å². The first kappa shape index (κ1) is 14.7. The molecule has 18 heavy (non-hydrogen) atoms. The van der Waals surface area contributed by atoms with Gasteiger partial charge in [0.2, 0.25) is 0 Å². The van der Waals surface area contributed by atoms with Crippen LogP contribution in [0.1, 0.15) is 27.7 Å². The molecule has 0 fully saturated rings. The Balaban J connectivity index is 2.95. The highest BCUT2D eigenvalue weighted by Crippen LogP contribution is 2.09. The zero-order valence-corrected chi connectivity index (χ0v) is 12.0. The number of nitrogens with zero attached hydrogens (tertiary/aromatic N) is 2. The fourth-order valence-corrected chi connectivity index (χ4v) is 2.48. The molecule has 1 rings (SSSR count). The van der Waals surface area contributed by atoms with E-state index in [1.807, 2.05) is 33.8 Å². The van der Waals surface area contributed by atoms with Crippen LogP contribution in [-0.2, 0) is 14.8 Å². The zero-order chi connectivity index (χ0) is 13.7. The van der Waals surface area contributed by atoms with Crippen LogP contribution >= 0.6 is 0 Å². The van der Waals surface area contributed by atoms with Gasteiger partial charge in [-0.3, -0.25) is 0 Å². The van der Waals surface area contributed by atoms with Crippen molar-refractivity contribution in [2.75, 3.05) is 0 Å². The van der Waals surface area contributed by atoms with E-state index in [1.54, 1.807) is 29.2 Å². The second-order valence-electron chi connectivity index (χ2n) is 4.53. The molecule has 0 N–H and O–H groups in total. The topological polar surface area (TPSA) is 49.7 Å². The second-order valence-corrected chi connectivity index (χ2v) is 5.68. The summed E-state index contributed by atoms with van der Waals surface area (Å²) in [6.45, 7) is 7.66. The molecule has 0 saturated carbocycles. The lowest BCUT2D eigenvalue weighted by Gasteiger charge is -2.29. The Morgan fingerprint density at radius 1 is 1.11 bits per heavy atom. The highest BCUT2D eigenvalue weighted by Gasteiger charge is 2.17. The zero-order valence-electron chi connectivity index (χ0n) is 11.2. The summed E-state index contributed by atoms with van der Waals surface area (Å²) >= 11 is 0. The van der Waals surface area contributed by atoms with Crippen LogP contribution < -0.4 is 0 Å². The van der Waals surface area contributed by atoms with Crippen LogP contribution in [0.5, 0.6) is 0 Å². The van der Waals surface area contributed by atoms with Gasteiger partial charge in [-0.2, -0.15) is 10.6 Å². The Kier molecular flexibility index (Phi) is 5.34. The first-order chi connectivity index (χ1) is 8.43. The maximum absolute atomic E-state index is 12.0. The van der Waals surface area contributed by atoms with Gasteiger partial charge in [0.25, 0.3) is 0 Å². The largest absolute Gasteiger partial charge is 0.439 e. The Labute approximate surface area is 110 Å². The quantitative estimate of drug-likeness (QED) is 0.788. The molecule has 5 heteroatoms. The fraction of sp³-hybridized carbons (Fsp3) is 0.462. The summed E-state index contributed by atoms with van der Waals surface area (Å²) in [6, 6.07) is 8.41. The van der Waals surface area contributed by atoms with Crippen molar-refractivity contribution in [2.24, 2.45) is 4.36 Å². The Morgan fingerprint density at radius 2 is 1.61 bits per heavy atom. The van der Waals surface area contributed by atoms with Crippen molar-refractivity contribution in [1.82, 2.24) is 4.90 Å². The van der Waals surface area contributed by atoms with Crippen molar-refractivity contribution in [1.29, 1.82) is 0 Å². The molecule has 4 nitrogen and oxygen atoms in total. The first-order valence-electron chi connectivity index (χ1n) is 5.94. The van der Waals surface area contributed by atoms with Crippen LogP contribution in [0.3, 0.4) is 0 Å². The predicted molar refractivity (Wildman–Crippen MR) is 72.7 cm³/mol. The van der Waals surface area contributed by atoms with Gasteiger partial charge >= 0.3 is 6.03 Å². The van der Waals surface area contributed by atoms with E-state index in [9.17, 15) is 9.00 Å². The summed E-state index contributed by atoms with van der Waals surface area (Å²) in [5.41, 5.74) is 0. The third-order valence-corrected chi connectivity index (χ3v) is 3.44. The van der Waals surface area contributed by atoms with E-state index in [0.717, 1.165) is 0 Å². The third-order valence-electron chi connectivity index (χ3n) is 2.44. The molecular formula is C13H19N2O2S-. The average Bonchev–Trinajstić information content (AvgIpc) is 2.28. The number of urea groups is 1. The highest BCUT2D eigenvalue weighted by molar-refractivity contribution is 7.75. The summed E-state index contributed by atoms with van der Waals surface area (Å²) in [7, 11) is -1.63. The summed E-state index contributed by atoms with van der Waals surface area (Å²) < 4.78 is 15.7. The second kappa shape index (κ2) is 6.54. The SMILES string of the molecule is CC(C)N(C(=O)/N=[S-](=O)/c1ccccc1)C(C)C. The summed E-state index contributed by atoms with van der Waals surface area (Å²) in [5.74, 6) is 0. The minimum Gasteiger partial charge on any atom is -0.439 e. The molecule has 1 aromatic rings. The number of hydrogen-bond acceptors (Lipinski definition) is 3. The molecule has 0 bridgehead atoms. The molecule has 0 aliphatic carbocycles. The van der Waals surface area contributed by atoms with E-state index in [0.29, 0.717) is 4.90 Å². The first-order valence-corrected chi connectivity index (χ1v) is 7.05. The molecule has 0 aromatic heterocycles. The van der Waals surface area contributed by atoms with Crippen LogP contribution in [0, 0.1) is 0 Å². The van der Waals surface area contributed by atoms with Gasteiger partial charge in [-0.1, -0.05) is 35.2 Å². The smallest absolute Gasteiger partial charge is 0.320 e. The van der Waals surface area contributed by atoms with Crippen LogP contribution in [0.25, 0.3) is 0 Å². The van der Waals surface area contributed by atoms with E-state index in [4.69, 9.17) is 0 Å². The minimum absolute atomic E-state index is 0.0361. The minimum atomic E-state index is -1.63. The van der Waals surface area contributed by atoms with Crippen molar-refractivity contribution in [3.8, 4) is 0 Å². The van der Waals surface area contributed by atoms with Gasteiger partial charge < -0.3 is 13.5 Å². The molecule has 100 valence electrons. The maximum atomic E-state index is 12.0. The van der Waals surface area contributed by atoms with Gasteiger partial charge in [0.1, 0.15) is 0 Å². The monoisotopic (exact) mass is 267 g/mol. The molecule has 0 saturated heterocycles. The molecule has 0 atom stereocenters. The summed E-state index contributed by atoms with van der Waals surface area (Å²) in [5, 5.41) is 0.